The predicted octanol–water partition coefficient (Wildman–Crippen LogP) is 1.19. The van der Waals surface area contributed by atoms with Crippen molar-refractivity contribution >= 4 is 34.4 Å². The molecule has 0 aromatic heterocycles. The molecule has 1 aliphatic rings. The number of hydrogen-bond acceptors (Lipinski definition) is 5. The average Bonchev–Trinajstić information content (AvgIpc) is 2.68. The van der Waals surface area contributed by atoms with Crippen LogP contribution in [-0.2, 0) is 9.59 Å². The molecule has 6 nitrogen and oxygen atoms in total. The zero-order valence-corrected chi connectivity index (χ0v) is 11.0. The lowest BCUT2D eigenvalue weighted by Crippen LogP contribution is -2.27. The summed E-state index contributed by atoms with van der Waals surface area (Å²) in [5.74, 6) is 0.0824. The highest BCUT2D eigenvalue weighted by molar-refractivity contribution is 8.15. The van der Waals surface area contributed by atoms with Gasteiger partial charge in [-0.1, -0.05) is 17.8 Å². The molecule has 0 radical (unpaired) electrons. The Morgan fingerprint density at radius 3 is 3.00 bits per heavy atom. The zero-order valence-electron chi connectivity index (χ0n) is 10.2. The van der Waals surface area contributed by atoms with E-state index < -0.39 is 5.25 Å². The number of amidine groups is 1. The van der Waals surface area contributed by atoms with Crippen molar-refractivity contribution in [3.63, 3.8) is 0 Å². The summed E-state index contributed by atoms with van der Waals surface area (Å²) in [6.45, 7) is 0. The number of amides is 2. The molecular weight excluding hydrogens is 266 g/mol. The van der Waals surface area contributed by atoms with Crippen LogP contribution in [0.3, 0.4) is 0 Å². The second-order valence-corrected chi connectivity index (χ2v) is 5.12. The molecule has 1 fully saturated rings. The summed E-state index contributed by atoms with van der Waals surface area (Å²) in [7, 11) is 1.55. The molecule has 1 atom stereocenters. The molecule has 2 amide bonds. The van der Waals surface area contributed by atoms with Gasteiger partial charge >= 0.3 is 0 Å². The lowest BCUT2D eigenvalue weighted by molar-refractivity contribution is -0.122. The molecule has 0 saturated carbocycles. The van der Waals surface area contributed by atoms with E-state index in [0.29, 0.717) is 11.4 Å². The van der Waals surface area contributed by atoms with Crippen molar-refractivity contribution < 1.29 is 14.3 Å². The van der Waals surface area contributed by atoms with Gasteiger partial charge in [-0.25, -0.2) is 0 Å². The van der Waals surface area contributed by atoms with Crippen LogP contribution in [0.5, 0.6) is 5.75 Å². The van der Waals surface area contributed by atoms with Crippen molar-refractivity contribution in [2.45, 2.75) is 11.7 Å². The Hall–Kier alpha value is -2.02. The molecule has 1 aromatic rings. The highest BCUT2D eigenvalue weighted by Gasteiger charge is 2.31. The molecule has 7 heteroatoms. The van der Waals surface area contributed by atoms with Gasteiger partial charge in [0, 0.05) is 18.2 Å². The number of ether oxygens (including phenoxy) is 1. The van der Waals surface area contributed by atoms with Gasteiger partial charge in [0.2, 0.25) is 11.8 Å². The molecule has 1 aliphatic heterocycles. The number of methoxy groups -OCH3 is 1. The molecule has 0 bridgehead atoms. The number of carbonyl (C=O) groups excluding carboxylic acids is 2. The lowest BCUT2D eigenvalue weighted by atomic mass is 10.2. The minimum Gasteiger partial charge on any atom is -0.497 e. The fourth-order valence-electron chi connectivity index (χ4n) is 1.63. The number of anilines is 1. The molecule has 2 rings (SSSR count). The third-order valence-electron chi connectivity index (χ3n) is 2.51. The maximum absolute atomic E-state index is 11.8. The predicted molar refractivity (Wildman–Crippen MR) is 73.5 cm³/mol. The van der Waals surface area contributed by atoms with Gasteiger partial charge in [0.25, 0.3) is 0 Å². The minimum atomic E-state index is -0.530. The van der Waals surface area contributed by atoms with Gasteiger partial charge in [-0.3, -0.25) is 15.0 Å². The maximum atomic E-state index is 11.8. The molecule has 3 N–H and O–H groups in total. The summed E-state index contributed by atoms with van der Waals surface area (Å²) in [5, 5.41) is 11.9. The van der Waals surface area contributed by atoms with Gasteiger partial charge in [-0.15, -0.1) is 0 Å². The van der Waals surface area contributed by atoms with E-state index in [2.05, 4.69) is 10.6 Å². The Bertz CT molecular complexity index is 533. The summed E-state index contributed by atoms with van der Waals surface area (Å²) < 4.78 is 5.05. The fraction of sp³-hybridized carbons (Fsp3) is 0.250. The fourth-order valence-corrected chi connectivity index (χ4v) is 2.48. The highest BCUT2D eigenvalue weighted by atomic mass is 32.2. The van der Waals surface area contributed by atoms with Crippen LogP contribution in [0.25, 0.3) is 0 Å². The highest BCUT2D eigenvalue weighted by Crippen LogP contribution is 2.22. The van der Waals surface area contributed by atoms with Crippen molar-refractivity contribution in [2.24, 2.45) is 0 Å². The second-order valence-electron chi connectivity index (χ2n) is 3.91. The quantitative estimate of drug-likeness (QED) is 0.772. The third-order valence-corrected chi connectivity index (χ3v) is 3.52. The van der Waals surface area contributed by atoms with Crippen molar-refractivity contribution in [3.05, 3.63) is 24.3 Å². The van der Waals surface area contributed by atoms with E-state index in [9.17, 15) is 9.59 Å². The van der Waals surface area contributed by atoms with Gasteiger partial charge in [0.15, 0.2) is 5.17 Å². The topological polar surface area (TPSA) is 91.3 Å². The van der Waals surface area contributed by atoms with Gasteiger partial charge in [0.05, 0.1) is 7.11 Å². The molecule has 1 unspecified atom stereocenters. The summed E-state index contributed by atoms with van der Waals surface area (Å²) in [6, 6.07) is 6.98. The van der Waals surface area contributed by atoms with Gasteiger partial charge in [-0.05, 0) is 12.1 Å². The standard InChI is InChI=1S/C12H13N3O3S/c1-18-8-4-2-3-7(5-8)14-10(16)6-9-11(17)15-12(13)19-9/h2-5,9H,6H2,1H3,(H,14,16)(H2,13,15,17). The molecule has 1 heterocycles. The summed E-state index contributed by atoms with van der Waals surface area (Å²) in [5.41, 5.74) is 0.614. The van der Waals surface area contributed by atoms with Crippen molar-refractivity contribution in [1.82, 2.24) is 5.32 Å². The molecule has 19 heavy (non-hydrogen) atoms. The molecule has 1 saturated heterocycles. The maximum Gasteiger partial charge on any atom is 0.240 e. The minimum absolute atomic E-state index is 0.0378. The monoisotopic (exact) mass is 279 g/mol. The number of carbonyl (C=O) groups is 2. The summed E-state index contributed by atoms with van der Waals surface area (Å²) in [6.07, 6.45) is 0.0378. The van der Waals surface area contributed by atoms with Crippen LogP contribution in [0.4, 0.5) is 5.69 Å². The zero-order chi connectivity index (χ0) is 13.8. The molecule has 100 valence electrons. The third kappa shape index (κ3) is 3.47. The SMILES string of the molecule is COc1cccc(NC(=O)CC2SC(=N)NC2=O)c1. The normalized spacial score (nSPS) is 18.1. The Morgan fingerprint density at radius 1 is 1.58 bits per heavy atom. The largest absolute Gasteiger partial charge is 0.497 e. The van der Waals surface area contributed by atoms with Crippen LogP contribution in [0, 0.1) is 5.41 Å². The number of rotatable bonds is 4. The van der Waals surface area contributed by atoms with Crippen LogP contribution < -0.4 is 15.4 Å². The van der Waals surface area contributed by atoms with E-state index in [1.165, 1.54) is 0 Å². The Labute approximate surface area is 114 Å². The molecule has 0 spiro atoms. The number of nitrogens with one attached hydrogen (secondary N) is 3. The van der Waals surface area contributed by atoms with Crippen LogP contribution in [-0.4, -0.2) is 29.3 Å². The van der Waals surface area contributed by atoms with E-state index >= 15 is 0 Å². The van der Waals surface area contributed by atoms with E-state index in [4.69, 9.17) is 10.1 Å². The van der Waals surface area contributed by atoms with E-state index in [0.717, 1.165) is 11.8 Å². The van der Waals surface area contributed by atoms with Gasteiger partial charge in [0.1, 0.15) is 11.0 Å². The summed E-state index contributed by atoms with van der Waals surface area (Å²) >= 11 is 1.06. The first-order valence-electron chi connectivity index (χ1n) is 5.58. The Morgan fingerprint density at radius 2 is 2.37 bits per heavy atom. The van der Waals surface area contributed by atoms with Gasteiger partial charge < -0.3 is 15.4 Å². The van der Waals surface area contributed by atoms with Crippen LogP contribution in [0.1, 0.15) is 6.42 Å². The van der Waals surface area contributed by atoms with Crippen molar-refractivity contribution in [3.8, 4) is 5.75 Å². The van der Waals surface area contributed by atoms with Crippen LogP contribution in [0.2, 0.25) is 0 Å². The molecule has 0 aliphatic carbocycles. The van der Waals surface area contributed by atoms with E-state index in [1.54, 1.807) is 31.4 Å². The number of benzene rings is 1. The smallest absolute Gasteiger partial charge is 0.240 e. The van der Waals surface area contributed by atoms with E-state index in [-0.39, 0.29) is 23.4 Å². The Balaban J connectivity index is 1.94. The molecule has 1 aromatic carbocycles. The lowest BCUT2D eigenvalue weighted by Gasteiger charge is -2.08. The second kappa shape index (κ2) is 5.75. The Kier molecular flexibility index (Phi) is 4.06. The number of hydrogen-bond donors (Lipinski definition) is 3. The molecular formula is C12H13N3O3S. The first-order valence-corrected chi connectivity index (χ1v) is 6.46. The van der Waals surface area contributed by atoms with Crippen molar-refractivity contribution in [2.75, 3.05) is 12.4 Å². The average molecular weight is 279 g/mol. The summed E-state index contributed by atoms with van der Waals surface area (Å²) in [4.78, 5) is 23.2. The number of thioether (sulfide) groups is 1. The first-order chi connectivity index (χ1) is 9.08. The van der Waals surface area contributed by atoms with Crippen molar-refractivity contribution in [1.29, 1.82) is 5.41 Å². The van der Waals surface area contributed by atoms with Gasteiger partial charge in [-0.2, -0.15) is 0 Å². The van der Waals surface area contributed by atoms with E-state index in [1.807, 2.05) is 0 Å². The van der Waals surface area contributed by atoms with Crippen LogP contribution >= 0.6 is 11.8 Å². The first kappa shape index (κ1) is 13.4. The van der Waals surface area contributed by atoms with Crippen LogP contribution in [0.15, 0.2) is 24.3 Å².